The van der Waals surface area contributed by atoms with E-state index in [2.05, 4.69) is 15.2 Å². The summed E-state index contributed by atoms with van der Waals surface area (Å²) in [6.45, 7) is 3.24. The number of aliphatic hydroxyl groups excluding tert-OH is 1. The first-order chi connectivity index (χ1) is 15.4. The molecule has 2 aromatic heterocycles. The predicted molar refractivity (Wildman–Crippen MR) is 117 cm³/mol. The largest absolute Gasteiger partial charge is 0.487 e. The van der Waals surface area contributed by atoms with E-state index in [1.807, 2.05) is 13.0 Å². The van der Waals surface area contributed by atoms with E-state index >= 15 is 0 Å². The summed E-state index contributed by atoms with van der Waals surface area (Å²) in [7, 11) is 0. The fourth-order valence-electron chi connectivity index (χ4n) is 4.20. The molecule has 3 heterocycles. The number of anilines is 2. The van der Waals surface area contributed by atoms with E-state index in [9.17, 15) is 13.9 Å². The smallest absolute Gasteiger partial charge is 0.172 e. The lowest BCUT2D eigenvalue weighted by molar-refractivity contribution is 0.0835. The van der Waals surface area contributed by atoms with Crippen molar-refractivity contribution in [3.8, 4) is 5.75 Å². The third-order valence-corrected chi connectivity index (χ3v) is 6.05. The molecule has 2 N–H and O–H groups in total. The van der Waals surface area contributed by atoms with Crippen molar-refractivity contribution >= 4 is 22.7 Å². The Hall–Kier alpha value is -3.07. The maximum atomic E-state index is 13.9. The Balaban J connectivity index is 1.34. The maximum Gasteiger partial charge on any atom is 0.172 e. The van der Waals surface area contributed by atoms with Gasteiger partial charge in [0.15, 0.2) is 23.2 Å². The number of nitrogens with one attached hydrogen (secondary N) is 1. The standard InChI is InChI=1S/C23H25F2N5O2/c1-13-8-19-20(12-26-13)29-23(22(28-19)27-15-10-16(31)11-15)30-6-4-17(5-7-30)32-21-3-2-14(24)9-18(21)25/h2-3,8-9,12,15-17,31H,4-7,10-11H2,1H3,(H,27,28)/t15-,16-. The summed E-state index contributed by atoms with van der Waals surface area (Å²) < 4.78 is 32.9. The molecule has 9 heteroatoms. The third-order valence-electron chi connectivity index (χ3n) is 6.05. The highest BCUT2D eigenvalue weighted by molar-refractivity contribution is 5.80. The lowest BCUT2D eigenvalue weighted by Gasteiger charge is -2.36. The van der Waals surface area contributed by atoms with Crippen LogP contribution in [0.2, 0.25) is 0 Å². The fraction of sp³-hybridized carbons (Fsp3) is 0.435. The van der Waals surface area contributed by atoms with Gasteiger partial charge in [-0.15, -0.1) is 0 Å². The van der Waals surface area contributed by atoms with Crippen molar-refractivity contribution < 1.29 is 18.6 Å². The molecule has 0 unspecified atom stereocenters. The van der Waals surface area contributed by atoms with Crippen molar-refractivity contribution in [3.63, 3.8) is 0 Å². The van der Waals surface area contributed by atoms with Gasteiger partial charge in [-0.05, 0) is 38.0 Å². The van der Waals surface area contributed by atoms with Crippen LogP contribution in [0.25, 0.3) is 11.0 Å². The molecule has 32 heavy (non-hydrogen) atoms. The van der Waals surface area contributed by atoms with Gasteiger partial charge in [-0.2, -0.15) is 0 Å². The number of nitrogens with zero attached hydrogens (tertiary/aromatic N) is 4. The normalized spacial score (nSPS) is 21.4. The summed E-state index contributed by atoms with van der Waals surface area (Å²) in [6, 6.07) is 5.43. The average Bonchev–Trinajstić information content (AvgIpc) is 2.75. The molecule has 7 nitrogen and oxygen atoms in total. The predicted octanol–water partition coefficient (Wildman–Crippen LogP) is 3.59. The van der Waals surface area contributed by atoms with Crippen LogP contribution in [-0.4, -0.2) is 51.4 Å². The molecule has 0 radical (unpaired) electrons. The minimum Gasteiger partial charge on any atom is -0.487 e. The lowest BCUT2D eigenvalue weighted by atomic mass is 9.89. The van der Waals surface area contributed by atoms with Gasteiger partial charge in [-0.1, -0.05) is 0 Å². The van der Waals surface area contributed by atoms with E-state index in [0.29, 0.717) is 44.6 Å². The van der Waals surface area contributed by atoms with E-state index < -0.39 is 11.6 Å². The van der Waals surface area contributed by atoms with Gasteiger partial charge < -0.3 is 20.1 Å². The summed E-state index contributed by atoms with van der Waals surface area (Å²) in [5.74, 6) is 0.204. The van der Waals surface area contributed by atoms with Gasteiger partial charge >= 0.3 is 0 Å². The van der Waals surface area contributed by atoms with Crippen LogP contribution in [0.1, 0.15) is 31.4 Å². The Bertz CT molecular complexity index is 1130. The SMILES string of the molecule is Cc1cc2nc(N[C@H]3C[C@H](O)C3)c(N3CCC(Oc4ccc(F)cc4F)CC3)nc2cn1. The second kappa shape index (κ2) is 8.46. The van der Waals surface area contributed by atoms with Crippen LogP contribution in [0.3, 0.4) is 0 Å². The first-order valence-electron chi connectivity index (χ1n) is 10.9. The van der Waals surface area contributed by atoms with Crippen LogP contribution in [0.15, 0.2) is 30.5 Å². The van der Waals surface area contributed by atoms with Crippen LogP contribution in [0, 0.1) is 18.6 Å². The van der Waals surface area contributed by atoms with Crippen LogP contribution >= 0.6 is 0 Å². The summed E-state index contributed by atoms with van der Waals surface area (Å²) in [5, 5.41) is 13.1. The zero-order valence-corrected chi connectivity index (χ0v) is 17.8. The van der Waals surface area contributed by atoms with E-state index in [1.165, 1.54) is 12.1 Å². The van der Waals surface area contributed by atoms with Crippen molar-refractivity contribution in [2.24, 2.45) is 0 Å². The van der Waals surface area contributed by atoms with E-state index in [-0.39, 0.29) is 24.0 Å². The van der Waals surface area contributed by atoms with Crippen LogP contribution in [0.5, 0.6) is 5.75 Å². The first-order valence-corrected chi connectivity index (χ1v) is 10.9. The minimum absolute atomic E-state index is 0.0719. The number of fused-ring (bicyclic) bond motifs is 1. The molecule has 0 spiro atoms. The van der Waals surface area contributed by atoms with E-state index in [4.69, 9.17) is 14.7 Å². The van der Waals surface area contributed by atoms with Crippen molar-refractivity contribution in [3.05, 3.63) is 47.8 Å². The summed E-state index contributed by atoms with van der Waals surface area (Å²) in [5.41, 5.74) is 2.36. The topological polar surface area (TPSA) is 83.4 Å². The molecule has 5 rings (SSSR count). The molecule has 0 amide bonds. The van der Waals surface area contributed by atoms with E-state index in [0.717, 1.165) is 28.6 Å². The number of ether oxygens (including phenoxy) is 1. The summed E-state index contributed by atoms with van der Waals surface area (Å²) >= 11 is 0. The first kappa shape index (κ1) is 20.8. The number of pyridine rings is 1. The number of aromatic nitrogens is 3. The molecule has 2 aliphatic rings. The molecule has 3 aromatic rings. The van der Waals surface area contributed by atoms with Crippen molar-refractivity contribution in [1.82, 2.24) is 15.0 Å². The Morgan fingerprint density at radius 1 is 1.09 bits per heavy atom. The highest BCUT2D eigenvalue weighted by Gasteiger charge is 2.30. The Labute approximate surface area is 184 Å². The van der Waals surface area contributed by atoms with Gasteiger partial charge in [-0.25, -0.2) is 18.7 Å². The molecule has 168 valence electrons. The average molecular weight is 441 g/mol. The van der Waals surface area contributed by atoms with Gasteiger partial charge in [0.2, 0.25) is 0 Å². The summed E-state index contributed by atoms with van der Waals surface area (Å²) in [4.78, 5) is 16.1. The van der Waals surface area contributed by atoms with E-state index in [1.54, 1.807) is 6.20 Å². The Morgan fingerprint density at radius 2 is 1.88 bits per heavy atom. The molecular formula is C23H25F2N5O2. The van der Waals surface area contributed by atoms with Crippen molar-refractivity contribution in [1.29, 1.82) is 0 Å². The Kier molecular flexibility index (Phi) is 5.50. The van der Waals surface area contributed by atoms with Crippen LogP contribution < -0.4 is 15.0 Å². The zero-order valence-electron chi connectivity index (χ0n) is 17.8. The highest BCUT2D eigenvalue weighted by atomic mass is 19.1. The summed E-state index contributed by atoms with van der Waals surface area (Å²) in [6.07, 6.45) is 4.01. The number of hydrogen-bond donors (Lipinski definition) is 2. The molecular weight excluding hydrogens is 416 g/mol. The molecule has 0 atom stereocenters. The highest BCUT2D eigenvalue weighted by Crippen LogP contribution is 2.32. The molecule has 1 aliphatic carbocycles. The van der Waals surface area contributed by atoms with Crippen LogP contribution in [0.4, 0.5) is 20.4 Å². The van der Waals surface area contributed by atoms with Crippen molar-refractivity contribution in [2.45, 2.75) is 50.9 Å². The molecule has 2 fully saturated rings. The number of rotatable bonds is 5. The monoisotopic (exact) mass is 441 g/mol. The molecule has 0 bridgehead atoms. The lowest BCUT2D eigenvalue weighted by Crippen LogP contribution is -2.41. The zero-order chi connectivity index (χ0) is 22.2. The van der Waals surface area contributed by atoms with Gasteiger partial charge in [-0.3, -0.25) is 4.98 Å². The molecule has 1 saturated heterocycles. The number of benzene rings is 1. The van der Waals surface area contributed by atoms with Gasteiger partial charge in [0.25, 0.3) is 0 Å². The number of aliphatic hydroxyl groups is 1. The van der Waals surface area contributed by atoms with Gasteiger partial charge in [0.1, 0.15) is 17.4 Å². The Morgan fingerprint density at radius 3 is 2.59 bits per heavy atom. The van der Waals surface area contributed by atoms with Gasteiger partial charge in [0.05, 0.1) is 17.8 Å². The number of halogens is 2. The van der Waals surface area contributed by atoms with Crippen LogP contribution in [-0.2, 0) is 0 Å². The second-order valence-electron chi connectivity index (χ2n) is 8.56. The number of aryl methyl sites for hydroxylation is 1. The molecule has 1 aliphatic heterocycles. The molecule has 1 saturated carbocycles. The number of hydrogen-bond acceptors (Lipinski definition) is 7. The maximum absolute atomic E-state index is 13.9. The second-order valence-corrected chi connectivity index (χ2v) is 8.56. The third kappa shape index (κ3) is 4.29. The van der Waals surface area contributed by atoms with Crippen molar-refractivity contribution in [2.75, 3.05) is 23.3 Å². The quantitative estimate of drug-likeness (QED) is 0.626. The fourth-order valence-corrected chi connectivity index (χ4v) is 4.20. The van der Waals surface area contributed by atoms with Gasteiger partial charge in [0, 0.05) is 43.7 Å². The minimum atomic E-state index is -0.690. The number of piperidine rings is 1. The molecule has 1 aromatic carbocycles.